The van der Waals surface area contributed by atoms with Crippen LogP contribution in [0.4, 0.5) is 4.39 Å². The molecule has 1 aliphatic rings. The Morgan fingerprint density at radius 1 is 1.17 bits per heavy atom. The van der Waals surface area contributed by atoms with Gasteiger partial charge in [0.05, 0.1) is 5.92 Å². The van der Waals surface area contributed by atoms with Crippen molar-refractivity contribution in [1.29, 1.82) is 0 Å². The van der Waals surface area contributed by atoms with E-state index in [9.17, 15) is 19.1 Å². The van der Waals surface area contributed by atoms with Gasteiger partial charge in [0.25, 0.3) is 5.91 Å². The van der Waals surface area contributed by atoms with E-state index in [0.29, 0.717) is 17.0 Å². The zero-order chi connectivity index (χ0) is 17.1. The van der Waals surface area contributed by atoms with Gasteiger partial charge in [0, 0.05) is 12.1 Å². The third-order valence-corrected chi connectivity index (χ3v) is 4.23. The molecule has 0 heterocycles. The zero-order valence-corrected chi connectivity index (χ0v) is 13.0. The molecule has 24 heavy (non-hydrogen) atoms. The quantitative estimate of drug-likeness (QED) is 0.855. The lowest BCUT2D eigenvalue weighted by Gasteiger charge is -2.14. The smallest absolute Gasteiger partial charge is 0.312 e. The summed E-state index contributed by atoms with van der Waals surface area (Å²) in [6.45, 7) is -0.0482. The number of benzene rings is 2. The molecule has 4 nitrogen and oxygen atoms in total. The fraction of sp³-hybridized carbons (Fsp3) is 0.263. The summed E-state index contributed by atoms with van der Waals surface area (Å²) in [6, 6.07) is 12.7. The van der Waals surface area contributed by atoms with E-state index in [1.165, 1.54) is 24.3 Å². The van der Waals surface area contributed by atoms with Gasteiger partial charge in [-0.25, -0.2) is 4.39 Å². The van der Waals surface area contributed by atoms with E-state index in [-0.39, 0.29) is 12.5 Å². The maximum absolute atomic E-state index is 13.0. The SMILES string of the molecule is O=C(NC[C@@H](C(=O)O)c1ccc(F)cc1)c1cccc(C2CC2)c1. The van der Waals surface area contributed by atoms with Gasteiger partial charge in [0.1, 0.15) is 5.82 Å². The summed E-state index contributed by atoms with van der Waals surface area (Å²) in [5.41, 5.74) is 2.13. The van der Waals surface area contributed by atoms with E-state index in [1.807, 2.05) is 18.2 Å². The normalized spacial score (nSPS) is 14.9. The average molecular weight is 327 g/mol. The van der Waals surface area contributed by atoms with E-state index >= 15 is 0 Å². The van der Waals surface area contributed by atoms with Gasteiger partial charge in [-0.05, 0) is 54.2 Å². The van der Waals surface area contributed by atoms with Crippen molar-refractivity contribution in [1.82, 2.24) is 5.32 Å². The van der Waals surface area contributed by atoms with Crippen LogP contribution < -0.4 is 5.32 Å². The molecule has 1 amide bonds. The number of nitrogens with one attached hydrogen (secondary N) is 1. The van der Waals surface area contributed by atoms with Crippen molar-refractivity contribution in [2.24, 2.45) is 0 Å². The van der Waals surface area contributed by atoms with Crippen LogP contribution in [0.25, 0.3) is 0 Å². The largest absolute Gasteiger partial charge is 0.481 e. The Hall–Kier alpha value is -2.69. The van der Waals surface area contributed by atoms with E-state index in [2.05, 4.69) is 5.32 Å². The first-order chi connectivity index (χ1) is 11.5. The Morgan fingerprint density at radius 2 is 1.88 bits per heavy atom. The van der Waals surface area contributed by atoms with Crippen LogP contribution in [-0.2, 0) is 4.79 Å². The second-order valence-electron chi connectivity index (χ2n) is 6.05. The molecule has 0 unspecified atom stereocenters. The Kier molecular flexibility index (Phi) is 4.60. The molecule has 3 rings (SSSR count). The fourth-order valence-corrected chi connectivity index (χ4v) is 2.69. The number of aliphatic carboxylic acids is 1. The molecule has 2 N–H and O–H groups in total. The summed E-state index contributed by atoms with van der Waals surface area (Å²) >= 11 is 0. The van der Waals surface area contributed by atoms with E-state index in [1.54, 1.807) is 6.07 Å². The summed E-state index contributed by atoms with van der Waals surface area (Å²) in [5.74, 6) is -2.16. The fourth-order valence-electron chi connectivity index (χ4n) is 2.69. The van der Waals surface area contributed by atoms with Crippen LogP contribution in [-0.4, -0.2) is 23.5 Å². The summed E-state index contributed by atoms with van der Waals surface area (Å²) in [4.78, 5) is 23.7. The number of carboxylic acid groups (broad SMARTS) is 1. The molecule has 1 saturated carbocycles. The number of carboxylic acids is 1. The van der Waals surface area contributed by atoms with Crippen LogP contribution in [0.3, 0.4) is 0 Å². The molecule has 0 aromatic heterocycles. The molecule has 0 saturated heterocycles. The molecule has 1 fully saturated rings. The topological polar surface area (TPSA) is 66.4 Å². The van der Waals surface area contributed by atoms with Crippen molar-refractivity contribution in [3.05, 3.63) is 71.0 Å². The van der Waals surface area contributed by atoms with E-state index < -0.39 is 17.7 Å². The van der Waals surface area contributed by atoms with Crippen molar-refractivity contribution >= 4 is 11.9 Å². The van der Waals surface area contributed by atoms with Crippen molar-refractivity contribution < 1.29 is 19.1 Å². The van der Waals surface area contributed by atoms with Gasteiger partial charge >= 0.3 is 5.97 Å². The first-order valence-electron chi connectivity index (χ1n) is 7.91. The maximum Gasteiger partial charge on any atom is 0.312 e. The van der Waals surface area contributed by atoms with Crippen LogP contribution in [0.15, 0.2) is 48.5 Å². The van der Waals surface area contributed by atoms with Gasteiger partial charge < -0.3 is 10.4 Å². The first-order valence-corrected chi connectivity index (χ1v) is 7.91. The third-order valence-electron chi connectivity index (χ3n) is 4.23. The third kappa shape index (κ3) is 3.79. The number of carbonyl (C=O) groups excluding carboxylic acids is 1. The van der Waals surface area contributed by atoms with Crippen molar-refractivity contribution in [3.8, 4) is 0 Å². The molecule has 124 valence electrons. The van der Waals surface area contributed by atoms with Crippen LogP contribution in [0.2, 0.25) is 0 Å². The average Bonchev–Trinajstić information content (AvgIpc) is 3.41. The van der Waals surface area contributed by atoms with Gasteiger partial charge in [-0.2, -0.15) is 0 Å². The number of rotatable bonds is 6. The second kappa shape index (κ2) is 6.83. The molecule has 2 aromatic rings. The lowest BCUT2D eigenvalue weighted by Crippen LogP contribution is -2.31. The molecule has 0 bridgehead atoms. The molecule has 1 aliphatic carbocycles. The van der Waals surface area contributed by atoms with E-state index in [0.717, 1.165) is 18.4 Å². The Labute approximate surface area is 139 Å². The molecule has 0 spiro atoms. The highest BCUT2D eigenvalue weighted by molar-refractivity contribution is 5.94. The van der Waals surface area contributed by atoms with Gasteiger partial charge in [0.2, 0.25) is 0 Å². The molecule has 2 aromatic carbocycles. The standard InChI is InChI=1S/C19H18FNO3/c20-16-8-6-13(7-9-16)17(19(23)24)11-21-18(22)15-3-1-2-14(10-15)12-4-5-12/h1-3,6-10,12,17H,4-5,11H2,(H,21,22)(H,23,24)/t17-/m1/s1. The Balaban J connectivity index is 1.68. The minimum absolute atomic E-state index is 0.0482. The summed E-state index contributed by atoms with van der Waals surface area (Å²) in [5, 5.41) is 12.0. The highest BCUT2D eigenvalue weighted by atomic mass is 19.1. The Morgan fingerprint density at radius 3 is 2.50 bits per heavy atom. The molecule has 1 atom stereocenters. The maximum atomic E-state index is 13.0. The van der Waals surface area contributed by atoms with Gasteiger partial charge in [-0.1, -0.05) is 24.3 Å². The molecule has 0 aliphatic heterocycles. The van der Waals surface area contributed by atoms with Crippen molar-refractivity contribution in [2.75, 3.05) is 6.54 Å². The monoisotopic (exact) mass is 327 g/mol. The number of halogens is 1. The molecule has 0 radical (unpaired) electrons. The predicted molar refractivity (Wildman–Crippen MR) is 87.5 cm³/mol. The number of carbonyl (C=O) groups is 2. The van der Waals surface area contributed by atoms with E-state index in [4.69, 9.17) is 0 Å². The van der Waals surface area contributed by atoms with Crippen LogP contribution in [0.1, 0.15) is 46.2 Å². The minimum atomic E-state index is -1.06. The molecular weight excluding hydrogens is 309 g/mol. The van der Waals surface area contributed by atoms with Crippen LogP contribution >= 0.6 is 0 Å². The summed E-state index contributed by atoms with van der Waals surface area (Å²) in [7, 11) is 0. The lowest BCUT2D eigenvalue weighted by atomic mass is 9.99. The van der Waals surface area contributed by atoms with Gasteiger partial charge in [-0.3, -0.25) is 9.59 Å². The highest BCUT2D eigenvalue weighted by Gasteiger charge is 2.24. The highest BCUT2D eigenvalue weighted by Crippen LogP contribution is 2.40. The summed E-state index contributed by atoms with van der Waals surface area (Å²) in [6.07, 6.45) is 2.30. The second-order valence-corrected chi connectivity index (χ2v) is 6.05. The molecule has 5 heteroatoms. The van der Waals surface area contributed by atoms with Crippen molar-refractivity contribution in [3.63, 3.8) is 0 Å². The molecular formula is C19H18FNO3. The zero-order valence-electron chi connectivity index (χ0n) is 13.0. The van der Waals surface area contributed by atoms with Gasteiger partial charge in [0.15, 0.2) is 0 Å². The van der Waals surface area contributed by atoms with Crippen molar-refractivity contribution in [2.45, 2.75) is 24.7 Å². The first kappa shape index (κ1) is 16.2. The van der Waals surface area contributed by atoms with Crippen LogP contribution in [0.5, 0.6) is 0 Å². The number of hydrogen-bond donors (Lipinski definition) is 2. The number of hydrogen-bond acceptors (Lipinski definition) is 2. The predicted octanol–water partition coefficient (Wildman–Crippen LogP) is 3.30. The summed E-state index contributed by atoms with van der Waals surface area (Å²) < 4.78 is 13.0. The Bertz CT molecular complexity index is 753. The van der Waals surface area contributed by atoms with Gasteiger partial charge in [-0.15, -0.1) is 0 Å². The number of amides is 1. The lowest BCUT2D eigenvalue weighted by molar-refractivity contribution is -0.138. The van der Waals surface area contributed by atoms with Crippen LogP contribution in [0, 0.1) is 5.82 Å². The minimum Gasteiger partial charge on any atom is -0.481 e.